The first-order valence-electron chi connectivity index (χ1n) is 9.52. The monoisotopic (exact) mass is 477 g/mol. The van der Waals surface area contributed by atoms with E-state index in [2.05, 4.69) is 20.8 Å². The first-order valence-corrected chi connectivity index (χ1v) is 11.3. The molecule has 0 saturated carbocycles. The molecule has 1 aromatic heterocycles. The summed E-state index contributed by atoms with van der Waals surface area (Å²) in [6.45, 7) is 4.38. The molecule has 0 saturated heterocycles. The molecule has 3 rings (SSSR count). The Kier molecular flexibility index (Phi) is 7.95. The number of hydrogen-bond acceptors (Lipinski definition) is 5. The molecule has 0 spiro atoms. The zero-order valence-corrected chi connectivity index (χ0v) is 19.3. The van der Waals surface area contributed by atoms with Crippen LogP contribution < -0.4 is 10.6 Å². The van der Waals surface area contributed by atoms with Gasteiger partial charge in [-0.25, -0.2) is 0 Å². The molecule has 0 bridgehead atoms. The van der Waals surface area contributed by atoms with Crippen molar-refractivity contribution in [2.45, 2.75) is 32.0 Å². The average Bonchev–Trinajstić information content (AvgIpc) is 3.11. The van der Waals surface area contributed by atoms with Gasteiger partial charge in [0.15, 0.2) is 5.16 Å². The third kappa shape index (κ3) is 6.22. The molecule has 2 aromatic carbocycles. The molecule has 0 atom stereocenters. The van der Waals surface area contributed by atoms with Gasteiger partial charge < -0.3 is 15.2 Å². The number of aryl methyl sites for hydroxylation is 1. The smallest absolute Gasteiger partial charge is 0.234 e. The van der Waals surface area contributed by atoms with Crippen LogP contribution in [-0.4, -0.2) is 32.3 Å². The maximum absolute atomic E-state index is 12.4. The lowest BCUT2D eigenvalue weighted by Gasteiger charge is -2.10. The van der Waals surface area contributed by atoms with Gasteiger partial charge in [-0.05, 0) is 49.7 Å². The highest BCUT2D eigenvalue weighted by atomic mass is 35.5. The van der Waals surface area contributed by atoms with E-state index in [1.807, 2.05) is 18.4 Å². The van der Waals surface area contributed by atoms with Crippen molar-refractivity contribution in [1.82, 2.24) is 14.8 Å². The minimum absolute atomic E-state index is 0.0444. The van der Waals surface area contributed by atoms with E-state index in [9.17, 15) is 9.59 Å². The molecule has 31 heavy (non-hydrogen) atoms. The molecule has 3 aromatic rings. The number of halogens is 2. The Balaban J connectivity index is 1.59. The SMILES string of the molecule is CCn1c(CC(=O)Nc2ccccc2Cl)nnc1SCC(=O)Nc1ccc(Cl)cc1C. The second-order valence-corrected chi connectivity index (χ2v) is 8.43. The van der Waals surface area contributed by atoms with Gasteiger partial charge in [0.2, 0.25) is 11.8 Å². The lowest BCUT2D eigenvalue weighted by Crippen LogP contribution is -2.18. The van der Waals surface area contributed by atoms with E-state index in [0.717, 1.165) is 5.56 Å². The van der Waals surface area contributed by atoms with Crippen LogP contribution in [-0.2, 0) is 22.6 Å². The average molecular weight is 478 g/mol. The van der Waals surface area contributed by atoms with Gasteiger partial charge in [-0.3, -0.25) is 9.59 Å². The third-order valence-corrected chi connectivity index (χ3v) is 5.90. The summed E-state index contributed by atoms with van der Waals surface area (Å²) in [7, 11) is 0. The van der Waals surface area contributed by atoms with Gasteiger partial charge in [0.1, 0.15) is 5.82 Å². The Morgan fingerprint density at radius 3 is 2.48 bits per heavy atom. The number of hydrogen-bond donors (Lipinski definition) is 2. The number of carbonyl (C=O) groups excluding carboxylic acids is 2. The molecular weight excluding hydrogens is 457 g/mol. The Bertz CT molecular complexity index is 1100. The Hall–Kier alpha value is -2.55. The number of amides is 2. The molecule has 1 heterocycles. The largest absolute Gasteiger partial charge is 0.325 e. The predicted molar refractivity (Wildman–Crippen MR) is 125 cm³/mol. The number of para-hydroxylation sites is 1. The Morgan fingerprint density at radius 2 is 1.77 bits per heavy atom. The van der Waals surface area contributed by atoms with Gasteiger partial charge in [-0.1, -0.05) is 47.1 Å². The van der Waals surface area contributed by atoms with Crippen molar-refractivity contribution >= 4 is 58.2 Å². The number of aromatic nitrogens is 3. The van der Waals surface area contributed by atoms with Crippen LogP contribution in [0, 0.1) is 6.92 Å². The molecule has 0 fully saturated rings. The zero-order chi connectivity index (χ0) is 22.4. The minimum Gasteiger partial charge on any atom is -0.325 e. The summed E-state index contributed by atoms with van der Waals surface area (Å²) in [4.78, 5) is 24.7. The second-order valence-electron chi connectivity index (χ2n) is 6.64. The van der Waals surface area contributed by atoms with Crippen molar-refractivity contribution < 1.29 is 9.59 Å². The number of nitrogens with zero attached hydrogens (tertiary/aromatic N) is 3. The summed E-state index contributed by atoms with van der Waals surface area (Å²) in [5, 5.41) is 15.6. The fourth-order valence-corrected chi connectivity index (χ4v) is 4.09. The molecule has 162 valence electrons. The van der Waals surface area contributed by atoms with Crippen molar-refractivity contribution in [3.8, 4) is 0 Å². The third-order valence-electron chi connectivity index (χ3n) is 4.37. The van der Waals surface area contributed by atoms with Crippen LogP contribution in [0.5, 0.6) is 0 Å². The van der Waals surface area contributed by atoms with Crippen LogP contribution in [0.1, 0.15) is 18.3 Å². The van der Waals surface area contributed by atoms with E-state index in [1.54, 1.807) is 42.5 Å². The normalized spacial score (nSPS) is 10.7. The standard InChI is InChI=1S/C21H21Cl2N5O2S/c1-3-28-18(11-19(29)25-17-7-5-4-6-15(17)23)26-27-21(28)31-12-20(30)24-16-9-8-14(22)10-13(16)2/h4-10H,3,11-12H2,1-2H3,(H,24,30)(H,25,29). The number of thioether (sulfide) groups is 1. The topological polar surface area (TPSA) is 88.9 Å². The summed E-state index contributed by atoms with van der Waals surface area (Å²) < 4.78 is 1.82. The quantitative estimate of drug-likeness (QED) is 0.453. The highest BCUT2D eigenvalue weighted by molar-refractivity contribution is 7.99. The van der Waals surface area contributed by atoms with Crippen LogP contribution in [0.25, 0.3) is 0 Å². The maximum atomic E-state index is 12.4. The molecule has 0 aliphatic rings. The molecule has 0 radical (unpaired) electrons. The molecule has 7 nitrogen and oxygen atoms in total. The highest BCUT2D eigenvalue weighted by Crippen LogP contribution is 2.23. The lowest BCUT2D eigenvalue weighted by atomic mass is 10.2. The van der Waals surface area contributed by atoms with E-state index in [4.69, 9.17) is 23.2 Å². The molecule has 2 N–H and O–H groups in total. The van der Waals surface area contributed by atoms with E-state index >= 15 is 0 Å². The van der Waals surface area contributed by atoms with E-state index in [1.165, 1.54) is 11.8 Å². The predicted octanol–water partition coefficient (Wildman–Crippen LogP) is 4.83. The fourth-order valence-electron chi connectivity index (χ4n) is 2.86. The molecular formula is C21H21Cl2N5O2S. The van der Waals surface area contributed by atoms with E-state index in [0.29, 0.717) is 38.9 Å². The Labute approximate surface area is 194 Å². The van der Waals surface area contributed by atoms with Crippen molar-refractivity contribution in [2.24, 2.45) is 0 Å². The first kappa shape index (κ1) is 23.1. The van der Waals surface area contributed by atoms with Gasteiger partial charge in [-0.2, -0.15) is 0 Å². The van der Waals surface area contributed by atoms with Gasteiger partial charge >= 0.3 is 0 Å². The van der Waals surface area contributed by atoms with Crippen LogP contribution >= 0.6 is 35.0 Å². The van der Waals surface area contributed by atoms with Crippen molar-refractivity contribution in [3.05, 3.63) is 63.9 Å². The summed E-state index contributed by atoms with van der Waals surface area (Å²) in [6.07, 6.45) is 0.0444. The summed E-state index contributed by atoms with van der Waals surface area (Å²) in [6, 6.07) is 12.3. The van der Waals surface area contributed by atoms with Crippen LogP contribution in [0.4, 0.5) is 11.4 Å². The zero-order valence-electron chi connectivity index (χ0n) is 17.0. The van der Waals surface area contributed by atoms with Gasteiger partial charge in [0.25, 0.3) is 0 Å². The maximum Gasteiger partial charge on any atom is 0.234 e. The first-order chi connectivity index (χ1) is 14.9. The summed E-state index contributed by atoms with van der Waals surface area (Å²) >= 11 is 13.3. The van der Waals surface area contributed by atoms with Crippen LogP contribution in [0.15, 0.2) is 47.6 Å². The van der Waals surface area contributed by atoms with Gasteiger partial charge in [0.05, 0.1) is 22.9 Å². The second kappa shape index (κ2) is 10.7. The molecule has 2 amide bonds. The van der Waals surface area contributed by atoms with Crippen molar-refractivity contribution in [1.29, 1.82) is 0 Å². The number of anilines is 2. The molecule has 0 aliphatic carbocycles. The van der Waals surface area contributed by atoms with Crippen molar-refractivity contribution in [2.75, 3.05) is 16.4 Å². The van der Waals surface area contributed by atoms with E-state index in [-0.39, 0.29) is 24.0 Å². The summed E-state index contributed by atoms with van der Waals surface area (Å²) in [5.41, 5.74) is 2.14. The van der Waals surface area contributed by atoms with E-state index < -0.39 is 0 Å². The Morgan fingerprint density at radius 1 is 1.03 bits per heavy atom. The number of carbonyl (C=O) groups is 2. The highest BCUT2D eigenvalue weighted by Gasteiger charge is 2.17. The molecule has 0 aliphatic heterocycles. The summed E-state index contributed by atoms with van der Waals surface area (Å²) in [5.74, 6) is 0.261. The minimum atomic E-state index is -0.247. The van der Waals surface area contributed by atoms with Crippen LogP contribution in [0.3, 0.4) is 0 Å². The van der Waals surface area contributed by atoms with Gasteiger partial charge in [-0.15, -0.1) is 10.2 Å². The fraction of sp³-hybridized carbons (Fsp3) is 0.238. The van der Waals surface area contributed by atoms with Crippen LogP contribution in [0.2, 0.25) is 10.0 Å². The van der Waals surface area contributed by atoms with Crippen molar-refractivity contribution in [3.63, 3.8) is 0 Å². The number of benzene rings is 2. The van der Waals surface area contributed by atoms with Gasteiger partial charge in [0, 0.05) is 17.3 Å². The molecule has 0 unspecified atom stereocenters. The number of nitrogens with one attached hydrogen (secondary N) is 2. The lowest BCUT2D eigenvalue weighted by molar-refractivity contribution is -0.116. The molecule has 10 heteroatoms. The number of rotatable bonds is 8.